The molecule has 0 radical (unpaired) electrons. The molecule has 0 unspecified atom stereocenters. The van der Waals surface area contributed by atoms with Gasteiger partial charge in [-0.1, -0.05) is 23.4 Å². The Balaban J connectivity index is 1.59. The summed E-state index contributed by atoms with van der Waals surface area (Å²) in [5.41, 5.74) is 6.40. The standard InChI is InChI=1S/C17H22N4O3/c1-23-14-9-3-2-6-12(14)7-4-10-21-11-5-8-13(21)17-19-16(15(18)22)20-24-17/h2-3,6,9,13H,4-5,7-8,10-11H2,1H3,(H2,18,22)/t13-/m1/s1. The molecular formula is C17H22N4O3. The smallest absolute Gasteiger partial charge is 0.290 e. The summed E-state index contributed by atoms with van der Waals surface area (Å²) in [6.45, 7) is 1.92. The molecule has 0 aliphatic carbocycles. The lowest BCUT2D eigenvalue weighted by atomic mass is 10.1. The molecule has 1 saturated heterocycles. The highest BCUT2D eigenvalue weighted by molar-refractivity contribution is 5.88. The molecule has 3 rings (SSSR count). The minimum absolute atomic E-state index is 0.0501. The van der Waals surface area contributed by atoms with Crippen molar-refractivity contribution < 1.29 is 14.1 Å². The number of hydrogen-bond acceptors (Lipinski definition) is 6. The van der Waals surface area contributed by atoms with E-state index in [2.05, 4.69) is 21.1 Å². The number of rotatable bonds is 7. The molecule has 2 N–H and O–H groups in total. The molecule has 1 aromatic heterocycles. The van der Waals surface area contributed by atoms with Crippen LogP contribution in [0.2, 0.25) is 0 Å². The van der Waals surface area contributed by atoms with Crippen molar-refractivity contribution in [2.24, 2.45) is 5.73 Å². The quantitative estimate of drug-likeness (QED) is 0.834. The minimum atomic E-state index is -0.661. The number of benzene rings is 1. The zero-order valence-electron chi connectivity index (χ0n) is 13.8. The van der Waals surface area contributed by atoms with Crippen LogP contribution in [-0.2, 0) is 6.42 Å². The second kappa shape index (κ2) is 7.44. The summed E-state index contributed by atoms with van der Waals surface area (Å²) >= 11 is 0. The number of hydrogen-bond donors (Lipinski definition) is 1. The number of carbonyl (C=O) groups excluding carboxylic acids is 1. The Morgan fingerprint density at radius 2 is 2.29 bits per heavy atom. The highest BCUT2D eigenvalue weighted by Crippen LogP contribution is 2.31. The van der Waals surface area contributed by atoms with Gasteiger partial charge in [0.15, 0.2) is 0 Å². The topological polar surface area (TPSA) is 94.5 Å². The third-order valence-electron chi connectivity index (χ3n) is 4.39. The summed E-state index contributed by atoms with van der Waals surface area (Å²) in [6.07, 6.45) is 3.99. The second-order valence-corrected chi connectivity index (χ2v) is 5.93. The van der Waals surface area contributed by atoms with Crippen LogP contribution in [-0.4, -0.2) is 41.1 Å². The molecule has 1 aromatic carbocycles. The monoisotopic (exact) mass is 330 g/mol. The molecule has 1 amide bonds. The Hall–Kier alpha value is -2.41. The maximum Gasteiger partial charge on any atom is 0.290 e. The second-order valence-electron chi connectivity index (χ2n) is 5.93. The average Bonchev–Trinajstić information content (AvgIpc) is 3.24. The summed E-state index contributed by atoms with van der Waals surface area (Å²) in [4.78, 5) is 17.6. The third kappa shape index (κ3) is 3.56. The number of aryl methyl sites for hydroxylation is 1. The summed E-state index contributed by atoms with van der Waals surface area (Å²) in [6, 6.07) is 8.16. The van der Waals surface area contributed by atoms with Crippen LogP contribution in [0.1, 0.15) is 47.4 Å². The highest BCUT2D eigenvalue weighted by Gasteiger charge is 2.30. The fraction of sp³-hybridized carbons (Fsp3) is 0.471. The third-order valence-corrected chi connectivity index (χ3v) is 4.39. The number of carbonyl (C=O) groups is 1. The number of amides is 1. The summed E-state index contributed by atoms with van der Waals surface area (Å²) in [7, 11) is 1.70. The van der Waals surface area contributed by atoms with Crippen molar-refractivity contribution in [1.29, 1.82) is 0 Å². The SMILES string of the molecule is COc1ccccc1CCCN1CCC[C@@H]1c1nc(C(N)=O)no1. The van der Waals surface area contributed by atoms with Crippen LogP contribution in [0.3, 0.4) is 0 Å². The molecule has 0 saturated carbocycles. The summed E-state index contributed by atoms with van der Waals surface area (Å²) < 4.78 is 10.6. The van der Waals surface area contributed by atoms with Crippen molar-refractivity contribution >= 4 is 5.91 Å². The van der Waals surface area contributed by atoms with Crippen LogP contribution < -0.4 is 10.5 Å². The number of methoxy groups -OCH3 is 1. The molecule has 2 aromatic rings. The fourth-order valence-electron chi connectivity index (χ4n) is 3.23. The molecule has 128 valence electrons. The van der Waals surface area contributed by atoms with E-state index in [1.807, 2.05) is 18.2 Å². The number of likely N-dealkylation sites (tertiary alicyclic amines) is 1. The lowest BCUT2D eigenvalue weighted by Crippen LogP contribution is -2.25. The van der Waals surface area contributed by atoms with Gasteiger partial charge in [-0.15, -0.1) is 0 Å². The zero-order valence-corrected chi connectivity index (χ0v) is 13.8. The van der Waals surface area contributed by atoms with Crippen molar-refractivity contribution in [3.8, 4) is 5.75 Å². The molecule has 0 spiro atoms. The van der Waals surface area contributed by atoms with Crippen LogP contribution in [0.25, 0.3) is 0 Å². The van der Waals surface area contributed by atoms with Gasteiger partial charge in [0.25, 0.3) is 11.7 Å². The van der Waals surface area contributed by atoms with Gasteiger partial charge in [0.1, 0.15) is 5.75 Å². The van der Waals surface area contributed by atoms with Gasteiger partial charge in [0.2, 0.25) is 5.89 Å². The van der Waals surface area contributed by atoms with E-state index in [1.54, 1.807) is 7.11 Å². The zero-order chi connectivity index (χ0) is 16.9. The molecule has 7 heteroatoms. The van der Waals surface area contributed by atoms with Crippen molar-refractivity contribution in [1.82, 2.24) is 15.0 Å². The van der Waals surface area contributed by atoms with E-state index in [4.69, 9.17) is 15.0 Å². The molecule has 7 nitrogen and oxygen atoms in total. The van der Waals surface area contributed by atoms with E-state index in [1.165, 1.54) is 5.56 Å². The molecule has 1 atom stereocenters. The van der Waals surface area contributed by atoms with Crippen LogP contribution in [0.5, 0.6) is 5.75 Å². The van der Waals surface area contributed by atoms with Gasteiger partial charge in [-0.05, 0) is 50.4 Å². The van der Waals surface area contributed by atoms with Gasteiger partial charge in [-0.2, -0.15) is 4.98 Å². The Kier molecular flexibility index (Phi) is 5.10. The van der Waals surface area contributed by atoms with E-state index in [0.717, 1.165) is 44.5 Å². The molecule has 0 bridgehead atoms. The highest BCUT2D eigenvalue weighted by atomic mass is 16.5. The van der Waals surface area contributed by atoms with Crippen molar-refractivity contribution in [2.75, 3.05) is 20.2 Å². The maximum atomic E-state index is 11.1. The average molecular weight is 330 g/mol. The lowest BCUT2D eigenvalue weighted by molar-refractivity contribution is 0.0987. The first-order valence-corrected chi connectivity index (χ1v) is 8.18. The van der Waals surface area contributed by atoms with Crippen molar-refractivity contribution in [3.63, 3.8) is 0 Å². The number of nitrogens with zero attached hydrogens (tertiary/aromatic N) is 3. The molecule has 1 fully saturated rings. The van der Waals surface area contributed by atoms with Crippen LogP contribution in [0.15, 0.2) is 28.8 Å². The van der Waals surface area contributed by atoms with E-state index in [9.17, 15) is 4.79 Å². The van der Waals surface area contributed by atoms with Crippen LogP contribution in [0.4, 0.5) is 0 Å². The van der Waals surface area contributed by atoms with E-state index in [-0.39, 0.29) is 11.9 Å². The van der Waals surface area contributed by atoms with E-state index < -0.39 is 5.91 Å². The van der Waals surface area contributed by atoms with Gasteiger partial charge >= 0.3 is 0 Å². The first kappa shape index (κ1) is 16.4. The number of primary amides is 1. The summed E-state index contributed by atoms with van der Waals surface area (Å²) in [5, 5.41) is 3.64. The molecule has 1 aliphatic rings. The molecule has 24 heavy (non-hydrogen) atoms. The molecular weight excluding hydrogens is 308 g/mol. The largest absolute Gasteiger partial charge is 0.496 e. The number of aromatic nitrogens is 2. The number of nitrogens with two attached hydrogens (primary N) is 1. The Bertz CT molecular complexity index is 701. The summed E-state index contributed by atoms with van der Waals surface area (Å²) in [5.74, 6) is 0.702. The first-order valence-electron chi connectivity index (χ1n) is 8.18. The fourth-order valence-corrected chi connectivity index (χ4v) is 3.23. The Morgan fingerprint density at radius 3 is 3.04 bits per heavy atom. The van der Waals surface area contributed by atoms with Gasteiger partial charge in [0, 0.05) is 0 Å². The lowest BCUT2D eigenvalue weighted by Gasteiger charge is -2.21. The van der Waals surface area contributed by atoms with Crippen molar-refractivity contribution in [2.45, 2.75) is 31.7 Å². The minimum Gasteiger partial charge on any atom is -0.496 e. The van der Waals surface area contributed by atoms with E-state index >= 15 is 0 Å². The maximum absolute atomic E-state index is 11.1. The van der Waals surface area contributed by atoms with Gasteiger partial charge in [0.05, 0.1) is 13.2 Å². The first-order chi connectivity index (χ1) is 11.7. The molecule has 1 aliphatic heterocycles. The van der Waals surface area contributed by atoms with Gasteiger partial charge in [-0.25, -0.2) is 0 Å². The predicted octanol–water partition coefficient (Wildman–Crippen LogP) is 1.95. The van der Waals surface area contributed by atoms with Crippen LogP contribution in [0, 0.1) is 0 Å². The molecule has 2 heterocycles. The number of ether oxygens (including phenoxy) is 1. The van der Waals surface area contributed by atoms with Gasteiger partial charge < -0.3 is 15.0 Å². The van der Waals surface area contributed by atoms with Crippen LogP contribution >= 0.6 is 0 Å². The predicted molar refractivity (Wildman–Crippen MR) is 87.7 cm³/mol. The van der Waals surface area contributed by atoms with E-state index in [0.29, 0.717) is 5.89 Å². The Labute approximate surface area is 140 Å². The van der Waals surface area contributed by atoms with Gasteiger partial charge in [-0.3, -0.25) is 9.69 Å². The van der Waals surface area contributed by atoms with Crippen molar-refractivity contribution in [3.05, 3.63) is 41.5 Å². The normalized spacial score (nSPS) is 18.0. The Morgan fingerprint density at radius 1 is 1.46 bits per heavy atom. The number of para-hydroxylation sites is 1.